The second-order valence-corrected chi connectivity index (χ2v) is 16.8. The predicted molar refractivity (Wildman–Crippen MR) is 248 cm³/mol. The van der Waals surface area contributed by atoms with Crippen molar-refractivity contribution in [3.8, 4) is 56.3 Å². The van der Waals surface area contributed by atoms with Gasteiger partial charge >= 0.3 is 0 Å². The van der Waals surface area contributed by atoms with Gasteiger partial charge in [-0.3, -0.25) is 0 Å². The summed E-state index contributed by atoms with van der Waals surface area (Å²) < 4.78 is 3.74. The van der Waals surface area contributed by atoms with E-state index in [-0.39, 0.29) is 0 Å². The van der Waals surface area contributed by atoms with Gasteiger partial charge in [0, 0.05) is 63.3 Å². The van der Waals surface area contributed by atoms with E-state index in [1.807, 2.05) is 6.07 Å². The SMILES string of the molecule is c1ccc(-c2cc(-c3ccc(-c4ccc(-c5nc6sc7ccccc7c6c6ccccc56)c5ccccc45)cc3)nc(-c3cccc4c3sc3ccccc34)n2)cc1. The van der Waals surface area contributed by atoms with Crippen molar-refractivity contribution >= 4 is 84.7 Å². The van der Waals surface area contributed by atoms with E-state index in [2.05, 4.69) is 182 Å². The first kappa shape index (κ1) is 33.1. The molecule has 12 rings (SSSR count). The van der Waals surface area contributed by atoms with Gasteiger partial charge in [0.25, 0.3) is 0 Å². The summed E-state index contributed by atoms with van der Waals surface area (Å²) in [7, 11) is 0. The summed E-state index contributed by atoms with van der Waals surface area (Å²) in [6.07, 6.45) is 0. The Balaban J connectivity index is 0.979. The lowest BCUT2D eigenvalue weighted by Crippen LogP contribution is -1.96. The fraction of sp³-hybridized carbons (Fsp3) is 0. The maximum Gasteiger partial charge on any atom is 0.161 e. The lowest BCUT2D eigenvalue weighted by atomic mass is 9.91. The number of fused-ring (bicyclic) bond motifs is 9. The van der Waals surface area contributed by atoms with Crippen LogP contribution in [0.15, 0.2) is 188 Å². The average Bonchev–Trinajstić information content (AvgIpc) is 3.87. The van der Waals surface area contributed by atoms with Crippen LogP contribution in [-0.4, -0.2) is 15.0 Å². The molecule has 270 valence electrons. The molecule has 0 bridgehead atoms. The van der Waals surface area contributed by atoms with Crippen molar-refractivity contribution in [2.75, 3.05) is 0 Å². The van der Waals surface area contributed by atoms with E-state index < -0.39 is 0 Å². The number of nitrogens with zero attached hydrogens (tertiary/aromatic N) is 3. The molecule has 0 aliphatic carbocycles. The molecule has 12 aromatic rings. The zero-order valence-corrected chi connectivity index (χ0v) is 32.7. The maximum absolute atomic E-state index is 5.40. The van der Waals surface area contributed by atoms with Crippen LogP contribution in [0.25, 0.3) is 118 Å². The largest absolute Gasteiger partial charge is 0.236 e. The third-order valence-corrected chi connectivity index (χ3v) is 13.6. The first-order valence-corrected chi connectivity index (χ1v) is 21.1. The van der Waals surface area contributed by atoms with E-state index in [0.29, 0.717) is 0 Å². The van der Waals surface area contributed by atoms with Gasteiger partial charge in [0.1, 0.15) is 4.83 Å². The molecule has 0 atom stereocenters. The Bertz CT molecular complexity index is 3570. The third-order valence-electron chi connectivity index (χ3n) is 11.4. The first-order chi connectivity index (χ1) is 28.7. The van der Waals surface area contributed by atoms with Gasteiger partial charge < -0.3 is 0 Å². The van der Waals surface area contributed by atoms with E-state index in [9.17, 15) is 0 Å². The van der Waals surface area contributed by atoms with Gasteiger partial charge in [-0.25, -0.2) is 15.0 Å². The maximum atomic E-state index is 5.40. The van der Waals surface area contributed by atoms with E-state index in [0.717, 1.165) is 55.6 Å². The lowest BCUT2D eigenvalue weighted by Gasteiger charge is -2.14. The van der Waals surface area contributed by atoms with Gasteiger partial charge in [0.2, 0.25) is 0 Å². The number of hydrogen-bond donors (Lipinski definition) is 0. The molecular formula is C53H31N3S2. The molecule has 0 saturated heterocycles. The average molecular weight is 774 g/mol. The molecule has 0 unspecified atom stereocenters. The lowest BCUT2D eigenvalue weighted by molar-refractivity contribution is 1.19. The fourth-order valence-electron chi connectivity index (χ4n) is 8.62. The van der Waals surface area contributed by atoms with Crippen LogP contribution in [0.2, 0.25) is 0 Å². The Morgan fingerprint density at radius 2 is 0.879 bits per heavy atom. The summed E-state index contributed by atoms with van der Waals surface area (Å²) in [6.45, 7) is 0. The number of hydrogen-bond acceptors (Lipinski definition) is 5. The van der Waals surface area contributed by atoms with Gasteiger partial charge in [-0.15, -0.1) is 22.7 Å². The van der Waals surface area contributed by atoms with Crippen LogP contribution in [0.5, 0.6) is 0 Å². The fourth-order valence-corrected chi connectivity index (χ4v) is 10.9. The molecular weight excluding hydrogens is 743 g/mol. The molecule has 0 saturated carbocycles. The molecule has 0 N–H and O–H groups in total. The predicted octanol–water partition coefficient (Wildman–Crippen LogP) is 15.2. The molecule has 4 heterocycles. The van der Waals surface area contributed by atoms with E-state index in [4.69, 9.17) is 15.0 Å². The Labute approximate surface area is 342 Å². The summed E-state index contributed by atoms with van der Waals surface area (Å²) in [5.74, 6) is 0.731. The van der Waals surface area contributed by atoms with Crippen LogP contribution in [0.1, 0.15) is 0 Å². The van der Waals surface area contributed by atoms with E-state index in [1.54, 1.807) is 22.7 Å². The van der Waals surface area contributed by atoms with Crippen LogP contribution in [0.3, 0.4) is 0 Å². The minimum atomic E-state index is 0.731. The molecule has 4 aromatic heterocycles. The third kappa shape index (κ3) is 5.28. The molecule has 0 aliphatic rings. The zero-order chi connectivity index (χ0) is 38.2. The highest BCUT2D eigenvalue weighted by Crippen LogP contribution is 2.44. The molecule has 0 fully saturated rings. The minimum Gasteiger partial charge on any atom is -0.236 e. The molecule has 0 amide bonds. The molecule has 0 aliphatic heterocycles. The number of rotatable bonds is 5. The van der Waals surface area contributed by atoms with Gasteiger partial charge in [-0.1, -0.05) is 164 Å². The van der Waals surface area contributed by atoms with Crippen LogP contribution < -0.4 is 0 Å². The first-order valence-electron chi connectivity index (χ1n) is 19.4. The van der Waals surface area contributed by atoms with Crippen LogP contribution in [0.4, 0.5) is 0 Å². The Morgan fingerprint density at radius 3 is 1.64 bits per heavy atom. The highest BCUT2D eigenvalue weighted by atomic mass is 32.1. The minimum absolute atomic E-state index is 0.731. The highest BCUT2D eigenvalue weighted by Gasteiger charge is 2.19. The molecule has 58 heavy (non-hydrogen) atoms. The van der Waals surface area contributed by atoms with Gasteiger partial charge in [0.05, 0.1) is 17.1 Å². The van der Waals surface area contributed by atoms with Crippen LogP contribution in [-0.2, 0) is 0 Å². The van der Waals surface area contributed by atoms with Crippen LogP contribution >= 0.6 is 22.7 Å². The topological polar surface area (TPSA) is 38.7 Å². The zero-order valence-electron chi connectivity index (χ0n) is 31.1. The monoisotopic (exact) mass is 773 g/mol. The summed E-state index contributed by atoms with van der Waals surface area (Å²) >= 11 is 3.57. The van der Waals surface area contributed by atoms with Crippen molar-refractivity contribution in [2.45, 2.75) is 0 Å². The number of pyridine rings is 1. The molecule has 5 heteroatoms. The van der Waals surface area contributed by atoms with Crippen molar-refractivity contribution in [1.82, 2.24) is 15.0 Å². The van der Waals surface area contributed by atoms with E-state index in [1.165, 1.54) is 62.8 Å². The molecule has 3 nitrogen and oxygen atoms in total. The normalized spacial score (nSPS) is 11.8. The van der Waals surface area contributed by atoms with E-state index >= 15 is 0 Å². The van der Waals surface area contributed by atoms with Crippen LogP contribution in [0, 0.1) is 0 Å². The van der Waals surface area contributed by atoms with Gasteiger partial charge in [0.15, 0.2) is 5.82 Å². The standard InChI is InChI=1S/C53H31N3S2/c1-2-13-33(14-3-1)45-31-46(55-52(54-45)44-22-12-21-42-38-17-8-10-23-47(38)57-51(42)44)34-27-25-32(26-28-34)35-29-30-41(37-16-5-4-15-36(35)37)50-40-19-7-6-18-39(40)49-43-20-9-11-24-48(43)58-53(49)56-50/h1-31H. The van der Waals surface area contributed by atoms with Crippen molar-refractivity contribution in [3.05, 3.63) is 188 Å². The summed E-state index contributed by atoms with van der Waals surface area (Å²) in [4.78, 5) is 16.9. The second kappa shape index (κ2) is 13.3. The Morgan fingerprint density at radius 1 is 0.328 bits per heavy atom. The molecule has 8 aromatic carbocycles. The summed E-state index contributed by atoms with van der Waals surface area (Å²) in [5, 5.41) is 9.81. The van der Waals surface area contributed by atoms with Crippen molar-refractivity contribution < 1.29 is 0 Å². The second-order valence-electron chi connectivity index (χ2n) is 14.7. The highest BCUT2D eigenvalue weighted by molar-refractivity contribution is 7.26. The van der Waals surface area contributed by atoms with Crippen molar-refractivity contribution in [1.29, 1.82) is 0 Å². The van der Waals surface area contributed by atoms with Crippen molar-refractivity contribution in [3.63, 3.8) is 0 Å². The summed E-state index contributed by atoms with van der Waals surface area (Å²) in [6, 6.07) is 67.1. The number of benzene rings is 8. The number of aromatic nitrogens is 3. The quantitative estimate of drug-likeness (QED) is 0.175. The molecule has 0 spiro atoms. The smallest absolute Gasteiger partial charge is 0.161 e. The number of thiophene rings is 2. The van der Waals surface area contributed by atoms with Gasteiger partial charge in [-0.2, -0.15) is 0 Å². The molecule has 0 radical (unpaired) electrons. The Hall–Kier alpha value is -7.05. The Kier molecular flexibility index (Phi) is 7.58. The van der Waals surface area contributed by atoms with Gasteiger partial charge in [-0.05, 0) is 51.6 Å². The summed E-state index contributed by atoms with van der Waals surface area (Å²) in [5.41, 5.74) is 9.45. The van der Waals surface area contributed by atoms with Crippen molar-refractivity contribution in [2.24, 2.45) is 0 Å².